The number of nitrogen functional groups attached to an aromatic ring is 1. The quantitative estimate of drug-likeness (QED) is 0.177. The van der Waals surface area contributed by atoms with Crippen LogP contribution in [0.2, 0.25) is 0 Å². The number of carbonyl (C=O) groups excluding carboxylic acids is 2. The Morgan fingerprint density at radius 3 is 2.70 bits per heavy atom. The average Bonchev–Trinajstić information content (AvgIpc) is 3.05. The van der Waals surface area contributed by atoms with Crippen LogP contribution in [0, 0.1) is 0 Å². The maximum atomic E-state index is 12.3. The number of aliphatic hydroxyl groups excluding tert-OH is 1. The second kappa shape index (κ2) is 8.81. The van der Waals surface area contributed by atoms with Crippen LogP contribution in [-0.4, -0.2) is 38.5 Å². The van der Waals surface area contributed by atoms with Crippen molar-refractivity contribution in [2.24, 2.45) is 5.84 Å². The first kappa shape index (κ1) is 22.1. The first-order chi connectivity index (χ1) is 15.8. The molecule has 11 nitrogen and oxygen atoms in total. The predicted molar refractivity (Wildman–Crippen MR) is 122 cm³/mol. The van der Waals surface area contributed by atoms with E-state index in [9.17, 15) is 14.7 Å². The Hall–Kier alpha value is -4.09. The molecule has 1 atom stereocenters. The highest BCUT2D eigenvalue weighted by Gasteiger charge is 2.35. The lowest BCUT2D eigenvalue weighted by Crippen LogP contribution is -2.32. The molecule has 0 radical (unpaired) electrons. The Balaban J connectivity index is 1.65. The van der Waals surface area contributed by atoms with Crippen molar-refractivity contribution in [3.63, 3.8) is 0 Å². The molecule has 1 unspecified atom stereocenters. The van der Waals surface area contributed by atoms with Gasteiger partial charge < -0.3 is 21.1 Å². The largest absolute Gasteiger partial charge is 0.394 e. The number of amides is 2. The van der Waals surface area contributed by atoms with Crippen LogP contribution < -0.4 is 27.2 Å². The summed E-state index contributed by atoms with van der Waals surface area (Å²) in [5.41, 5.74) is 4.59. The molecule has 1 aliphatic heterocycles. The fraction of sp³-hybridized carbons (Fsp3) is 0.227. The molecule has 4 rings (SSSR count). The zero-order valence-electron chi connectivity index (χ0n) is 18.1. The molecule has 1 aromatic carbocycles. The van der Waals surface area contributed by atoms with Crippen molar-refractivity contribution in [3.8, 4) is 0 Å². The lowest BCUT2D eigenvalue weighted by molar-refractivity contribution is 0.0936. The van der Waals surface area contributed by atoms with Crippen molar-refractivity contribution in [2.75, 3.05) is 17.2 Å². The van der Waals surface area contributed by atoms with E-state index in [0.717, 1.165) is 11.1 Å². The molecule has 0 saturated heterocycles. The van der Waals surface area contributed by atoms with Crippen LogP contribution in [-0.2, 0) is 5.54 Å². The minimum Gasteiger partial charge on any atom is -0.394 e. The number of nitrogens with one attached hydrogen (secondary N) is 4. The Labute approximate surface area is 189 Å². The monoisotopic (exact) mass is 448 g/mol. The highest BCUT2D eigenvalue weighted by Crippen LogP contribution is 2.33. The SMILES string of the molecule is CC1(C)NC(=O)c2ccc(Nc3ncc(C(=O)NN)c(NC(CO)c4ccncc4)n3)cc21. The molecule has 3 aromatic rings. The molecule has 0 aliphatic carbocycles. The van der Waals surface area contributed by atoms with Crippen LogP contribution in [0.3, 0.4) is 0 Å². The van der Waals surface area contributed by atoms with Crippen LogP contribution in [0.5, 0.6) is 0 Å². The van der Waals surface area contributed by atoms with Gasteiger partial charge in [0, 0.05) is 29.8 Å². The van der Waals surface area contributed by atoms with Gasteiger partial charge in [-0.3, -0.25) is 20.0 Å². The molecule has 2 aromatic heterocycles. The standard InChI is InChI=1S/C22H24N8O3/c1-22(2)16-9-13(3-4-14(16)19(32)29-22)26-21-25-10-15(20(33)30-23)18(28-21)27-17(11-31)12-5-7-24-8-6-12/h3-10,17,31H,11,23H2,1-2H3,(H,29,32)(H,30,33)(H2,25,26,27,28). The molecular formula is C22H24N8O3. The van der Waals surface area contributed by atoms with E-state index in [4.69, 9.17) is 5.84 Å². The molecular weight excluding hydrogens is 424 g/mol. The molecule has 2 amide bonds. The normalized spacial score (nSPS) is 14.7. The van der Waals surface area contributed by atoms with E-state index in [0.29, 0.717) is 11.3 Å². The zero-order valence-corrected chi connectivity index (χ0v) is 18.1. The maximum absolute atomic E-state index is 12.3. The van der Waals surface area contributed by atoms with Crippen molar-refractivity contribution in [3.05, 3.63) is 71.2 Å². The molecule has 3 heterocycles. The summed E-state index contributed by atoms with van der Waals surface area (Å²) in [6, 6.07) is 8.31. The number of aromatic nitrogens is 3. The number of aliphatic hydroxyl groups is 1. The van der Waals surface area contributed by atoms with Gasteiger partial charge in [-0.05, 0) is 55.3 Å². The third-order valence-corrected chi connectivity index (χ3v) is 5.39. The number of hydrogen-bond acceptors (Lipinski definition) is 9. The molecule has 0 fully saturated rings. The van der Waals surface area contributed by atoms with Gasteiger partial charge in [-0.15, -0.1) is 0 Å². The van der Waals surface area contributed by atoms with E-state index in [1.807, 2.05) is 19.9 Å². The van der Waals surface area contributed by atoms with Gasteiger partial charge in [0.1, 0.15) is 11.4 Å². The van der Waals surface area contributed by atoms with Gasteiger partial charge in [-0.2, -0.15) is 4.98 Å². The molecule has 33 heavy (non-hydrogen) atoms. The zero-order chi connectivity index (χ0) is 23.6. The lowest BCUT2D eigenvalue weighted by Gasteiger charge is -2.20. The number of benzene rings is 1. The predicted octanol–water partition coefficient (Wildman–Crippen LogP) is 1.34. The minimum absolute atomic E-state index is 0.112. The Kier molecular flexibility index (Phi) is 5.90. The Morgan fingerprint density at radius 1 is 1.24 bits per heavy atom. The van der Waals surface area contributed by atoms with Gasteiger partial charge in [-0.25, -0.2) is 10.8 Å². The smallest absolute Gasteiger partial charge is 0.270 e. The first-order valence-electron chi connectivity index (χ1n) is 10.2. The van der Waals surface area contributed by atoms with Crippen LogP contribution in [0.15, 0.2) is 48.9 Å². The highest BCUT2D eigenvalue weighted by molar-refractivity contribution is 6.00. The summed E-state index contributed by atoms with van der Waals surface area (Å²) in [6.45, 7) is 3.60. The van der Waals surface area contributed by atoms with E-state index in [1.165, 1.54) is 6.20 Å². The second-order valence-corrected chi connectivity index (χ2v) is 8.05. The van der Waals surface area contributed by atoms with Gasteiger partial charge in [0.25, 0.3) is 11.8 Å². The highest BCUT2D eigenvalue weighted by atomic mass is 16.3. The van der Waals surface area contributed by atoms with Gasteiger partial charge in [0.05, 0.1) is 18.2 Å². The number of nitrogens with zero attached hydrogens (tertiary/aromatic N) is 3. The third-order valence-electron chi connectivity index (χ3n) is 5.39. The van der Waals surface area contributed by atoms with Crippen LogP contribution in [0.4, 0.5) is 17.5 Å². The van der Waals surface area contributed by atoms with E-state index in [1.54, 1.807) is 36.7 Å². The van der Waals surface area contributed by atoms with E-state index in [-0.39, 0.29) is 29.8 Å². The van der Waals surface area contributed by atoms with Gasteiger partial charge in [0.2, 0.25) is 5.95 Å². The molecule has 7 N–H and O–H groups in total. The van der Waals surface area contributed by atoms with Crippen LogP contribution in [0.25, 0.3) is 0 Å². The maximum Gasteiger partial charge on any atom is 0.270 e. The number of rotatable bonds is 7. The molecule has 0 bridgehead atoms. The Bertz CT molecular complexity index is 1200. The number of fused-ring (bicyclic) bond motifs is 1. The molecule has 0 spiro atoms. The number of hydrazine groups is 1. The van der Waals surface area contributed by atoms with E-state index in [2.05, 4.69) is 36.3 Å². The van der Waals surface area contributed by atoms with Crippen LogP contribution >= 0.6 is 0 Å². The fourth-order valence-corrected chi connectivity index (χ4v) is 3.68. The summed E-state index contributed by atoms with van der Waals surface area (Å²) in [6.07, 6.45) is 4.55. The second-order valence-electron chi connectivity index (χ2n) is 8.05. The van der Waals surface area contributed by atoms with E-state index >= 15 is 0 Å². The number of carbonyl (C=O) groups is 2. The summed E-state index contributed by atoms with van der Waals surface area (Å²) in [7, 11) is 0. The first-order valence-corrected chi connectivity index (χ1v) is 10.2. The van der Waals surface area contributed by atoms with Crippen LogP contribution in [0.1, 0.15) is 51.7 Å². The van der Waals surface area contributed by atoms with Gasteiger partial charge in [-0.1, -0.05) is 0 Å². The summed E-state index contributed by atoms with van der Waals surface area (Å²) in [5, 5.41) is 19.0. The Morgan fingerprint density at radius 2 is 2.00 bits per heavy atom. The number of anilines is 3. The fourth-order valence-electron chi connectivity index (χ4n) is 3.68. The molecule has 1 aliphatic rings. The summed E-state index contributed by atoms with van der Waals surface area (Å²) >= 11 is 0. The van der Waals surface area contributed by atoms with Crippen molar-refractivity contribution < 1.29 is 14.7 Å². The molecule has 0 saturated carbocycles. The number of pyridine rings is 1. The molecule has 11 heteroatoms. The summed E-state index contributed by atoms with van der Waals surface area (Å²) in [5.74, 6) is 5.01. The van der Waals surface area contributed by atoms with Gasteiger partial charge in [0.15, 0.2) is 0 Å². The summed E-state index contributed by atoms with van der Waals surface area (Å²) in [4.78, 5) is 37.0. The summed E-state index contributed by atoms with van der Waals surface area (Å²) < 4.78 is 0. The minimum atomic E-state index is -0.584. The molecule has 170 valence electrons. The third kappa shape index (κ3) is 4.45. The van der Waals surface area contributed by atoms with Crippen molar-refractivity contribution in [1.29, 1.82) is 0 Å². The van der Waals surface area contributed by atoms with Crippen molar-refractivity contribution in [2.45, 2.75) is 25.4 Å². The number of nitrogens with two attached hydrogens (primary N) is 1. The van der Waals surface area contributed by atoms with Crippen molar-refractivity contribution >= 4 is 29.3 Å². The number of hydrogen-bond donors (Lipinski definition) is 6. The lowest BCUT2D eigenvalue weighted by atomic mass is 9.94. The van der Waals surface area contributed by atoms with Crippen molar-refractivity contribution in [1.82, 2.24) is 25.7 Å². The van der Waals surface area contributed by atoms with E-state index < -0.39 is 17.5 Å². The van der Waals surface area contributed by atoms with Gasteiger partial charge >= 0.3 is 0 Å². The topological polar surface area (TPSA) is 167 Å². The average molecular weight is 448 g/mol.